The number of methoxy groups -OCH3 is 1. The number of hydrogen-bond acceptors (Lipinski definition) is 4. The lowest BCUT2D eigenvalue weighted by Gasteiger charge is -2.24. The van der Waals surface area contributed by atoms with Gasteiger partial charge in [-0.05, 0) is 30.2 Å². The molecule has 2 aromatic rings. The van der Waals surface area contributed by atoms with Gasteiger partial charge in [-0.2, -0.15) is 0 Å². The van der Waals surface area contributed by atoms with Crippen LogP contribution in [0.5, 0.6) is 5.75 Å². The Morgan fingerprint density at radius 1 is 0.917 bits per heavy atom. The Morgan fingerprint density at radius 2 is 1.67 bits per heavy atom. The van der Waals surface area contributed by atoms with Gasteiger partial charge in [0.15, 0.2) is 0 Å². The molecule has 4 rings (SSSR count). The van der Waals surface area contributed by atoms with E-state index in [4.69, 9.17) is 4.74 Å². The topological polar surface area (TPSA) is 62.4 Å². The Labute approximate surface area is 141 Å². The number of hydrazine groups is 1. The molecule has 2 heterocycles. The van der Waals surface area contributed by atoms with Crippen LogP contribution in [-0.4, -0.2) is 19.1 Å². The molecule has 0 saturated carbocycles. The van der Waals surface area contributed by atoms with E-state index in [2.05, 4.69) is 53.4 Å². The Kier molecular flexibility index (Phi) is 3.75. The highest BCUT2D eigenvalue weighted by atomic mass is 16.5. The highest BCUT2D eigenvalue weighted by Crippen LogP contribution is 2.42. The summed E-state index contributed by atoms with van der Waals surface area (Å²) in [5, 5.41) is 3.15. The van der Waals surface area contributed by atoms with Crippen molar-refractivity contribution in [3.05, 3.63) is 65.2 Å². The van der Waals surface area contributed by atoms with Crippen LogP contribution < -0.4 is 20.9 Å². The van der Waals surface area contributed by atoms with Crippen LogP contribution >= 0.6 is 0 Å². The number of aryl methyl sites for hydroxylation is 1. The average molecular weight is 323 g/mol. The maximum atomic E-state index is 12.4. The second kappa shape index (κ2) is 5.92. The summed E-state index contributed by atoms with van der Waals surface area (Å²) in [6, 6.07) is 16.2. The highest BCUT2D eigenvalue weighted by Gasteiger charge is 2.51. The molecule has 4 atom stereocenters. The number of amides is 1. The van der Waals surface area contributed by atoms with Gasteiger partial charge < -0.3 is 10.1 Å². The standard InChI is InChI=1S/C19H21N3O2/c1-11-6-8-12(9-7-11)16-15-17(21-22-18(15)19(23)20-16)13-4-3-5-14(10-13)24-2/h3-10,15-18,21-22H,1-2H3,(H,20,23). The van der Waals surface area contributed by atoms with Gasteiger partial charge in [0, 0.05) is 5.92 Å². The summed E-state index contributed by atoms with van der Waals surface area (Å²) in [6.07, 6.45) is 0. The van der Waals surface area contributed by atoms with Gasteiger partial charge in [0.05, 0.1) is 19.2 Å². The Morgan fingerprint density at radius 3 is 2.42 bits per heavy atom. The number of carbonyl (C=O) groups excluding carboxylic acids is 1. The van der Waals surface area contributed by atoms with E-state index < -0.39 is 0 Å². The first kappa shape index (κ1) is 15.2. The summed E-state index contributed by atoms with van der Waals surface area (Å²) >= 11 is 0. The molecule has 5 heteroatoms. The quantitative estimate of drug-likeness (QED) is 0.809. The number of ether oxygens (including phenoxy) is 1. The molecule has 0 spiro atoms. The molecule has 124 valence electrons. The lowest BCUT2D eigenvalue weighted by atomic mass is 9.83. The molecule has 2 fully saturated rings. The highest BCUT2D eigenvalue weighted by molar-refractivity contribution is 5.86. The average Bonchev–Trinajstić information content (AvgIpc) is 3.17. The van der Waals surface area contributed by atoms with Crippen molar-refractivity contribution in [3.63, 3.8) is 0 Å². The Bertz CT molecular complexity index is 759. The second-order valence-corrected chi connectivity index (χ2v) is 6.49. The minimum absolute atomic E-state index is 0.0122. The van der Waals surface area contributed by atoms with Crippen molar-refractivity contribution >= 4 is 5.91 Å². The summed E-state index contributed by atoms with van der Waals surface area (Å²) in [5.74, 6) is 0.970. The fourth-order valence-corrected chi connectivity index (χ4v) is 3.75. The molecule has 2 saturated heterocycles. The van der Waals surface area contributed by atoms with Gasteiger partial charge in [-0.25, -0.2) is 10.9 Å². The fourth-order valence-electron chi connectivity index (χ4n) is 3.75. The third kappa shape index (κ3) is 2.46. The van der Waals surface area contributed by atoms with E-state index in [0.717, 1.165) is 16.9 Å². The maximum Gasteiger partial charge on any atom is 0.239 e. The van der Waals surface area contributed by atoms with Crippen LogP contribution in [0.1, 0.15) is 28.8 Å². The van der Waals surface area contributed by atoms with Crippen LogP contribution in [-0.2, 0) is 4.79 Å². The van der Waals surface area contributed by atoms with E-state index in [-0.39, 0.29) is 30.0 Å². The molecule has 0 bridgehead atoms. The maximum absolute atomic E-state index is 12.4. The lowest BCUT2D eigenvalue weighted by Crippen LogP contribution is -2.39. The van der Waals surface area contributed by atoms with Crippen molar-refractivity contribution < 1.29 is 9.53 Å². The Hall–Kier alpha value is -2.37. The molecule has 5 nitrogen and oxygen atoms in total. The van der Waals surface area contributed by atoms with Crippen LogP contribution in [0.3, 0.4) is 0 Å². The molecule has 0 radical (unpaired) electrons. The van der Waals surface area contributed by atoms with Crippen molar-refractivity contribution in [1.29, 1.82) is 0 Å². The van der Waals surface area contributed by atoms with Gasteiger partial charge in [0.2, 0.25) is 5.91 Å². The molecule has 2 aliphatic rings. The predicted octanol–water partition coefficient (Wildman–Crippen LogP) is 2.01. The number of hydrogen-bond donors (Lipinski definition) is 3. The Balaban J connectivity index is 1.70. The molecule has 3 N–H and O–H groups in total. The summed E-state index contributed by atoms with van der Waals surface area (Å²) < 4.78 is 5.34. The SMILES string of the molecule is COc1cccc(C2NNC3C(=O)NC(c4ccc(C)cc4)C32)c1. The van der Waals surface area contributed by atoms with Gasteiger partial charge in [-0.3, -0.25) is 4.79 Å². The third-order valence-corrected chi connectivity index (χ3v) is 5.02. The van der Waals surface area contributed by atoms with Crippen molar-refractivity contribution in [2.45, 2.75) is 25.0 Å². The predicted molar refractivity (Wildman–Crippen MR) is 91.3 cm³/mol. The third-order valence-electron chi connectivity index (χ3n) is 5.02. The molecule has 1 amide bonds. The first-order chi connectivity index (χ1) is 11.7. The molecule has 2 aromatic carbocycles. The molecule has 0 aliphatic carbocycles. The van der Waals surface area contributed by atoms with Crippen molar-refractivity contribution in [1.82, 2.24) is 16.2 Å². The van der Waals surface area contributed by atoms with E-state index in [1.165, 1.54) is 5.56 Å². The number of nitrogens with one attached hydrogen (secondary N) is 3. The van der Waals surface area contributed by atoms with Crippen LogP contribution in [0.25, 0.3) is 0 Å². The lowest BCUT2D eigenvalue weighted by molar-refractivity contribution is -0.121. The molecular weight excluding hydrogens is 302 g/mol. The van der Waals surface area contributed by atoms with Crippen molar-refractivity contribution in [3.8, 4) is 5.75 Å². The van der Waals surface area contributed by atoms with E-state index in [1.54, 1.807) is 7.11 Å². The minimum atomic E-state index is -0.229. The van der Waals surface area contributed by atoms with E-state index in [9.17, 15) is 4.79 Å². The zero-order chi connectivity index (χ0) is 16.7. The van der Waals surface area contributed by atoms with Crippen LogP contribution in [0.4, 0.5) is 0 Å². The summed E-state index contributed by atoms with van der Waals surface area (Å²) in [7, 11) is 1.66. The van der Waals surface area contributed by atoms with E-state index in [0.29, 0.717) is 0 Å². The number of rotatable bonds is 3. The monoisotopic (exact) mass is 323 g/mol. The summed E-state index contributed by atoms with van der Waals surface area (Å²) in [4.78, 5) is 12.4. The first-order valence-corrected chi connectivity index (χ1v) is 8.19. The van der Waals surface area contributed by atoms with Gasteiger partial charge in [-0.15, -0.1) is 0 Å². The summed E-state index contributed by atoms with van der Waals surface area (Å²) in [6.45, 7) is 2.07. The smallest absolute Gasteiger partial charge is 0.239 e. The molecule has 4 unspecified atom stereocenters. The zero-order valence-electron chi connectivity index (χ0n) is 13.7. The first-order valence-electron chi connectivity index (χ1n) is 8.19. The van der Waals surface area contributed by atoms with Crippen molar-refractivity contribution in [2.24, 2.45) is 5.92 Å². The number of fused-ring (bicyclic) bond motifs is 1. The molecule has 24 heavy (non-hydrogen) atoms. The zero-order valence-corrected chi connectivity index (χ0v) is 13.7. The van der Waals surface area contributed by atoms with Gasteiger partial charge in [-0.1, -0.05) is 42.0 Å². The van der Waals surface area contributed by atoms with Crippen LogP contribution in [0, 0.1) is 12.8 Å². The largest absolute Gasteiger partial charge is 0.497 e. The fraction of sp³-hybridized carbons (Fsp3) is 0.316. The van der Waals surface area contributed by atoms with Crippen LogP contribution in [0.15, 0.2) is 48.5 Å². The van der Waals surface area contributed by atoms with Crippen molar-refractivity contribution in [2.75, 3.05) is 7.11 Å². The molecule has 0 aromatic heterocycles. The normalized spacial score (nSPS) is 28.5. The second-order valence-electron chi connectivity index (χ2n) is 6.49. The number of benzene rings is 2. The van der Waals surface area contributed by atoms with Crippen LogP contribution in [0.2, 0.25) is 0 Å². The van der Waals surface area contributed by atoms with E-state index in [1.807, 2.05) is 18.2 Å². The van der Waals surface area contributed by atoms with Gasteiger partial charge in [0.25, 0.3) is 0 Å². The summed E-state index contributed by atoms with van der Waals surface area (Å²) in [5.41, 5.74) is 9.93. The molecular formula is C19H21N3O2. The van der Waals surface area contributed by atoms with Gasteiger partial charge in [0.1, 0.15) is 11.8 Å². The minimum Gasteiger partial charge on any atom is -0.497 e. The van der Waals surface area contributed by atoms with Gasteiger partial charge >= 0.3 is 0 Å². The van der Waals surface area contributed by atoms with E-state index >= 15 is 0 Å². The molecule has 2 aliphatic heterocycles. The number of carbonyl (C=O) groups is 1.